The van der Waals surface area contributed by atoms with E-state index in [1.807, 2.05) is 0 Å². The third-order valence-corrected chi connectivity index (χ3v) is 3.77. The molecule has 0 saturated carbocycles. The number of likely N-dealkylation sites (tertiary alicyclic amines) is 1. The second-order valence-corrected chi connectivity index (χ2v) is 5.26. The third-order valence-electron chi connectivity index (χ3n) is 2.75. The molecule has 1 saturated heterocycles. The maximum Gasteiger partial charge on any atom is 0.407 e. The van der Waals surface area contributed by atoms with E-state index in [1.54, 1.807) is 0 Å². The number of carboxylic acid groups (broad SMARTS) is 1. The van der Waals surface area contributed by atoms with Crippen molar-refractivity contribution in [1.29, 1.82) is 0 Å². The Kier molecular flexibility index (Phi) is 5.42. The average Bonchev–Trinajstić information content (AvgIpc) is 2.63. The molecule has 1 rings (SSSR count). The second kappa shape index (κ2) is 6.37. The number of alkyl halides is 3. The fourth-order valence-electron chi connectivity index (χ4n) is 1.90. The molecule has 17 heavy (non-hydrogen) atoms. The monoisotopic (exact) mass is 271 g/mol. The van der Waals surface area contributed by atoms with E-state index in [1.165, 1.54) is 16.7 Å². The highest BCUT2D eigenvalue weighted by Gasteiger charge is 2.28. The maximum absolute atomic E-state index is 11.9. The van der Waals surface area contributed by atoms with E-state index in [-0.39, 0.29) is 11.8 Å². The smallest absolute Gasteiger partial charge is 0.407 e. The van der Waals surface area contributed by atoms with E-state index in [9.17, 15) is 18.0 Å². The number of hydrogen-bond acceptors (Lipinski definition) is 2. The molecular weight excluding hydrogens is 255 g/mol. The highest BCUT2D eigenvalue weighted by Crippen LogP contribution is 2.25. The molecule has 0 unspecified atom stereocenters. The SMILES string of the molecule is O=C(O)N1CCC[C@@H]1CCSCCC(F)(F)F. The van der Waals surface area contributed by atoms with Crippen LogP contribution in [-0.4, -0.2) is 46.4 Å². The molecule has 1 N–H and O–H groups in total. The third kappa shape index (κ3) is 5.52. The van der Waals surface area contributed by atoms with Gasteiger partial charge in [0.2, 0.25) is 0 Å². The van der Waals surface area contributed by atoms with E-state index in [2.05, 4.69) is 0 Å². The maximum atomic E-state index is 11.9. The summed E-state index contributed by atoms with van der Waals surface area (Å²) in [4.78, 5) is 12.2. The van der Waals surface area contributed by atoms with Crippen LogP contribution in [0.2, 0.25) is 0 Å². The zero-order valence-corrected chi connectivity index (χ0v) is 10.2. The molecule has 1 fully saturated rings. The summed E-state index contributed by atoms with van der Waals surface area (Å²) in [6.45, 7) is 0.549. The van der Waals surface area contributed by atoms with Crippen molar-refractivity contribution in [3.63, 3.8) is 0 Å². The Balaban J connectivity index is 2.12. The summed E-state index contributed by atoms with van der Waals surface area (Å²) in [7, 11) is 0. The normalized spacial score (nSPS) is 20.9. The number of nitrogens with zero attached hydrogens (tertiary/aromatic N) is 1. The lowest BCUT2D eigenvalue weighted by molar-refractivity contribution is -0.129. The van der Waals surface area contributed by atoms with Crippen LogP contribution < -0.4 is 0 Å². The highest BCUT2D eigenvalue weighted by atomic mass is 32.2. The fourth-order valence-corrected chi connectivity index (χ4v) is 2.92. The number of rotatable bonds is 5. The molecule has 1 amide bonds. The van der Waals surface area contributed by atoms with Gasteiger partial charge in [-0.25, -0.2) is 4.79 Å². The molecule has 0 aromatic heterocycles. The van der Waals surface area contributed by atoms with E-state index < -0.39 is 18.7 Å². The van der Waals surface area contributed by atoms with Crippen LogP contribution in [0.15, 0.2) is 0 Å². The summed E-state index contributed by atoms with van der Waals surface area (Å²) in [6, 6.07) is -0.00844. The molecule has 0 spiro atoms. The van der Waals surface area contributed by atoms with Gasteiger partial charge in [-0.1, -0.05) is 0 Å². The van der Waals surface area contributed by atoms with Crippen LogP contribution in [0.5, 0.6) is 0 Å². The molecular formula is C10H16F3NO2S. The van der Waals surface area contributed by atoms with E-state index in [0.29, 0.717) is 18.7 Å². The minimum Gasteiger partial charge on any atom is -0.465 e. The first-order valence-corrected chi connectivity index (χ1v) is 6.69. The van der Waals surface area contributed by atoms with Gasteiger partial charge in [0.1, 0.15) is 0 Å². The zero-order chi connectivity index (χ0) is 12.9. The largest absolute Gasteiger partial charge is 0.465 e. The number of amides is 1. The lowest BCUT2D eigenvalue weighted by Gasteiger charge is -2.21. The first-order chi connectivity index (χ1) is 7.90. The van der Waals surface area contributed by atoms with Crippen molar-refractivity contribution in [2.45, 2.75) is 37.9 Å². The van der Waals surface area contributed by atoms with Crippen LogP contribution in [0.1, 0.15) is 25.7 Å². The highest BCUT2D eigenvalue weighted by molar-refractivity contribution is 7.99. The van der Waals surface area contributed by atoms with Gasteiger partial charge in [-0.3, -0.25) is 0 Å². The Morgan fingerprint density at radius 3 is 2.71 bits per heavy atom. The quantitative estimate of drug-likeness (QED) is 0.781. The summed E-state index contributed by atoms with van der Waals surface area (Å²) in [5.74, 6) is 0.647. The predicted octanol–water partition coefficient (Wildman–Crippen LogP) is 3.20. The van der Waals surface area contributed by atoms with Crippen LogP contribution in [-0.2, 0) is 0 Å². The van der Waals surface area contributed by atoms with E-state index in [0.717, 1.165) is 12.8 Å². The first kappa shape index (κ1) is 14.5. The molecule has 0 aromatic rings. The van der Waals surface area contributed by atoms with Crippen molar-refractivity contribution in [3.05, 3.63) is 0 Å². The van der Waals surface area contributed by atoms with Crippen molar-refractivity contribution < 1.29 is 23.1 Å². The molecule has 0 aliphatic carbocycles. The number of halogens is 3. The minimum absolute atomic E-state index is 0.00844. The molecule has 1 aliphatic heterocycles. The first-order valence-electron chi connectivity index (χ1n) is 5.54. The molecule has 7 heteroatoms. The van der Waals surface area contributed by atoms with Crippen LogP contribution in [0.4, 0.5) is 18.0 Å². The van der Waals surface area contributed by atoms with Gasteiger partial charge < -0.3 is 10.0 Å². The number of hydrogen-bond donors (Lipinski definition) is 1. The Morgan fingerprint density at radius 2 is 2.12 bits per heavy atom. The standard InChI is InChI=1S/C10H16F3NO2S/c11-10(12,13)4-7-17-6-3-8-2-1-5-14(8)9(15)16/h8H,1-7H2,(H,15,16)/t8-/m1/s1. The average molecular weight is 271 g/mol. The summed E-state index contributed by atoms with van der Waals surface area (Å²) in [5, 5.41) is 8.86. The van der Waals surface area contributed by atoms with Gasteiger partial charge in [-0.15, -0.1) is 0 Å². The summed E-state index contributed by atoms with van der Waals surface area (Å²) < 4.78 is 35.6. The molecule has 100 valence electrons. The van der Waals surface area contributed by atoms with Crippen molar-refractivity contribution in [3.8, 4) is 0 Å². The lowest BCUT2D eigenvalue weighted by Crippen LogP contribution is -2.34. The fraction of sp³-hybridized carbons (Fsp3) is 0.900. The van der Waals surface area contributed by atoms with Gasteiger partial charge >= 0.3 is 12.3 Å². The number of thioether (sulfide) groups is 1. The van der Waals surface area contributed by atoms with E-state index in [4.69, 9.17) is 5.11 Å². The van der Waals surface area contributed by atoms with Gasteiger partial charge in [0.25, 0.3) is 0 Å². The van der Waals surface area contributed by atoms with Crippen LogP contribution in [0.25, 0.3) is 0 Å². The van der Waals surface area contributed by atoms with Gasteiger partial charge in [-0.05, 0) is 25.0 Å². The minimum atomic E-state index is -4.09. The van der Waals surface area contributed by atoms with Crippen molar-refractivity contribution in [1.82, 2.24) is 4.90 Å². The molecule has 0 bridgehead atoms. The van der Waals surface area contributed by atoms with E-state index >= 15 is 0 Å². The molecule has 1 atom stereocenters. The Morgan fingerprint density at radius 1 is 1.41 bits per heavy atom. The topological polar surface area (TPSA) is 40.5 Å². The van der Waals surface area contributed by atoms with Gasteiger partial charge in [0, 0.05) is 18.3 Å². The van der Waals surface area contributed by atoms with Crippen molar-refractivity contribution in [2.24, 2.45) is 0 Å². The van der Waals surface area contributed by atoms with Crippen molar-refractivity contribution in [2.75, 3.05) is 18.1 Å². The Hall–Kier alpha value is -0.590. The van der Waals surface area contributed by atoms with Gasteiger partial charge in [-0.2, -0.15) is 24.9 Å². The molecule has 0 radical (unpaired) electrons. The second-order valence-electron chi connectivity index (χ2n) is 4.04. The summed E-state index contributed by atoms with van der Waals surface area (Å²) in [6.07, 6.45) is -3.46. The van der Waals surface area contributed by atoms with Crippen LogP contribution in [0.3, 0.4) is 0 Å². The summed E-state index contributed by atoms with van der Waals surface area (Å²) >= 11 is 1.24. The molecule has 3 nitrogen and oxygen atoms in total. The molecule has 1 aliphatic rings. The van der Waals surface area contributed by atoms with Crippen LogP contribution in [0, 0.1) is 0 Å². The Bertz CT molecular complexity index is 260. The van der Waals surface area contributed by atoms with Gasteiger partial charge in [0.05, 0.1) is 6.42 Å². The zero-order valence-electron chi connectivity index (χ0n) is 9.37. The summed E-state index contributed by atoms with van der Waals surface area (Å²) in [5.41, 5.74) is 0. The van der Waals surface area contributed by atoms with Gasteiger partial charge in [0.15, 0.2) is 0 Å². The predicted molar refractivity (Wildman–Crippen MR) is 60.4 cm³/mol. The van der Waals surface area contributed by atoms with Crippen LogP contribution >= 0.6 is 11.8 Å². The molecule has 0 aromatic carbocycles. The van der Waals surface area contributed by atoms with Crippen molar-refractivity contribution >= 4 is 17.9 Å². The lowest BCUT2D eigenvalue weighted by atomic mass is 10.2. The number of carbonyl (C=O) groups is 1. The molecule has 1 heterocycles. The Labute approximate surface area is 102 Å².